The maximum Gasteiger partial charge on any atom is 0.303 e. The van der Waals surface area contributed by atoms with Gasteiger partial charge in [0.05, 0.1) is 0 Å². The summed E-state index contributed by atoms with van der Waals surface area (Å²) in [6.45, 7) is 0. The molecule has 0 unspecified atom stereocenters. The molecule has 0 saturated carbocycles. The minimum Gasteiger partial charge on any atom is -0.481 e. The first kappa shape index (κ1) is 16.1. The molecule has 0 bridgehead atoms. The van der Waals surface area contributed by atoms with Crippen molar-refractivity contribution in [3.8, 4) is 0 Å². The highest BCUT2D eigenvalue weighted by Gasteiger charge is 1.96. The van der Waals surface area contributed by atoms with E-state index in [1.807, 2.05) is 30.3 Å². The Kier molecular flexibility index (Phi) is 13.5. The molecule has 4 nitrogen and oxygen atoms in total. The average molecular weight is 213 g/mol. The Morgan fingerprint density at radius 1 is 1.20 bits per heavy atom. The second-order valence-corrected chi connectivity index (χ2v) is 2.38. The second-order valence-electron chi connectivity index (χ2n) is 2.38. The number of hydrogen-bond donors (Lipinski definition) is 3. The van der Waals surface area contributed by atoms with E-state index in [2.05, 4.69) is 5.73 Å². The summed E-state index contributed by atoms with van der Waals surface area (Å²) in [5.41, 5.74) is 5.58. The van der Waals surface area contributed by atoms with Gasteiger partial charge >= 0.3 is 5.97 Å². The number of nitrogens with two attached hydrogens (primary N) is 1. The maximum absolute atomic E-state index is 10.2. The summed E-state index contributed by atoms with van der Waals surface area (Å²) < 4.78 is 0. The van der Waals surface area contributed by atoms with E-state index in [4.69, 9.17) is 10.2 Å². The lowest BCUT2D eigenvalue weighted by Crippen LogP contribution is -1.96. The van der Waals surface area contributed by atoms with Crippen LogP contribution in [0.2, 0.25) is 0 Å². The van der Waals surface area contributed by atoms with Crippen LogP contribution in [-0.2, 0) is 11.2 Å². The van der Waals surface area contributed by atoms with E-state index in [0.29, 0.717) is 6.42 Å². The van der Waals surface area contributed by atoms with Gasteiger partial charge in [-0.3, -0.25) is 4.79 Å². The number of carbonyl (C=O) groups is 1. The molecule has 0 aliphatic carbocycles. The number of carboxylic acids is 1. The maximum atomic E-state index is 10.2. The topological polar surface area (TPSA) is 83.5 Å². The monoisotopic (exact) mass is 213 g/mol. The van der Waals surface area contributed by atoms with Gasteiger partial charge in [0.15, 0.2) is 0 Å². The van der Waals surface area contributed by atoms with Crippen molar-refractivity contribution in [3.05, 3.63) is 35.9 Å². The number of aliphatic carboxylic acids is 1. The van der Waals surface area contributed by atoms with E-state index in [1.54, 1.807) is 0 Å². The van der Waals surface area contributed by atoms with E-state index < -0.39 is 5.97 Å². The van der Waals surface area contributed by atoms with Gasteiger partial charge in [-0.25, -0.2) is 0 Å². The number of carboxylic acid groups (broad SMARTS) is 1. The van der Waals surface area contributed by atoms with Gasteiger partial charge < -0.3 is 15.9 Å². The standard InChI is InChI=1S/C9H10O2.CH5N.CH4O/c10-9(11)7-6-8-4-2-1-3-5-8;2*1-2/h1-5H,6-7H2,(H,10,11);2H2,1H3;2H,1H3. The Morgan fingerprint density at radius 3 is 2.07 bits per heavy atom. The summed E-state index contributed by atoms with van der Waals surface area (Å²) in [6.07, 6.45) is 0.834. The third-order valence-electron chi connectivity index (χ3n) is 1.47. The van der Waals surface area contributed by atoms with Crippen LogP contribution in [0.4, 0.5) is 0 Å². The van der Waals surface area contributed by atoms with Crippen LogP contribution in [0.3, 0.4) is 0 Å². The largest absolute Gasteiger partial charge is 0.481 e. The fraction of sp³-hybridized carbons (Fsp3) is 0.364. The molecule has 4 heteroatoms. The van der Waals surface area contributed by atoms with Gasteiger partial charge in [-0.1, -0.05) is 30.3 Å². The minimum atomic E-state index is -0.742. The van der Waals surface area contributed by atoms with Crippen molar-refractivity contribution in [2.75, 3.05) is 14.2 Å². The van der Waals surface area contributed by atoms with E-state index >= 15 is 0 Å². The van der Waals surface area contributed by atoms with Gasteiger partial charge in [0, 0.05) is 13.5 Å². The second kappa shape index (κ2) is 12.6. The molecule has 0 aliphatic rings. The smallest absolute Gasteiger partial charge is 0.303 e. The lowest BCUT2D eigenvalue weighted by atomic mass is 10.1. The molecular formula is C11H19NO3. The van der Waals surface area contributed by atoms with Gasteiger partial charge in [0.1, 0.15) is 0 Å². The summed E-state index contributed by atoms with van der Waals surface area (Å²) in [7, 11) is 2.50. The zero-order valence-electron chi connectivity index (χ0n) is 9.18. The lowest BCUT2D eigenvalue weighted by Gasteiger charge is -1.95. The van der Waals surface area contributed by atoms with Crippen LogP contribution in [0.5, 0.6) is 0 Å². The van der Waals surface area contributed by atoms with Crippen molar-refractivity contribution in [1.29, 1.82) is 0 Å². The Bertz CT molecular complexity index is 237. The van der Waals surface area contributed by atoms with Crippen LogP contribution in [0.25, 0.3) is 0 Å². The molecule has 0 heterocycles. The molecule has 0 atom stereocenters. The van der Waals surface area contributed by atoms with Crippen molar-refractivity contribution >= 4 is 5.97 Å². The van der Waals surface area contributed by atoms with E-state index in [9.17, 15) is 4.79 Å². The normalized spacial score (nSPS) is 7.73. The molecule has 1 aromatic rings. The summed E-state index contributed by atoms with van der Waals surface area (Å²) in [6, 6.07) is 9.62. The van der Waals surface area contributed by atoms with Gasteiger partial charge in [-0.2, -0.15) is 0 Å². The van der Waals surface area contributed by atoms with Crippen molar-refractivity contribution in [3.63, 3.8) is 0 Å². The fourth-order valence-electron chi connectivity index (χ4n) is 0.896. The first-order valence-corrected chi connectivity index (χ1v) is 4.57. The molecule has 0 saturated heterocycles. The molecule has 0 aromatic heterocycles. The van der Waals surface area contributed by atoms with Crippen LogP contribution in [0.15, 0.2) is 30.3 Å². The van der Waals surface area contributed by atoms with E-state index in [-0.39, 0.29) is 6.42 Å². The highest BCUT2D eigenvalue weighted by Crippen LogP contribution is 2.01. The van der Waals surface area contributed by atoms with Gasteiger partial charge in [-0.15, -0.1) is 0 Å². The summed E-state index contributed by atoms with van der Waals surface area (Å²) in [4.78, 5) is 10.2. The molecule has 0 aliphatic heterocycles. The molecule has 15 heavy (non-hydrogen) atoms. The number of benzene rings is 1. The van der Waals surface area contributed by atoms with Crippen molar-refractivity contribution in [2.45, 2.75) is 12.8 Å². The SMILES string of the molecule is CN.CO.O=C(O)CCc1ccccc1. The third kappa shape index (κ3) is 10.5. The van der Waals surface area contributed by atoms with Gasteiger partial charge in [0.2, 0.25) is 0 Å². The minimum absolute atomic E-state index is 0.212. The quantitative estimate of drug-likeness (QED) is 0.696. The van der Waals surface area contributed by atoms with Gasteiger partial charge in [-0.05, 0) is 19.0 Å². The van der Waals surface area contributed by atoms with Crippen molar-refractivity contribution < 1.29 is 15.0 Å². The predicted molar refractivity (Wildman–Crippen MR) is 60.7 cm³/mol. The van der Waals surface area contributed by atoms with Crippen LogP contribution < -0.4 is 5.73 Å². The van der Waals surface area contributed by atoms with Crippen LogP contribution in [-0.4, -0.2) is 30.3 Å². The molecule has 0 radical (unpaired) electrons. The van der Waals surface area contributed by atoms with E-state index in [0.717, 1.165) is 12.7 Å². The molecular weight excluding hydrogens is 194 g/mol. The zero-order valence-corrected chi connectivity index (χ0v) is 9.18. The summed E-state index contributed by atoms with van der Waals surface area (Å²) in [5, 5.41) is 15.4. The summed E-state index contributed by atoms with van der Waals surface area (Å²) >= 11 is 0. The lowest BCUT2D eigenvalue weighted by molar-refractivity contribution is -0.136. The molecule has 1 aromatic carbocycles. The Hall–Kier alpha value is -1.39. The van der Waals surface area contributed by atoms with Crippen LogP contribution >= 0.6 is 0 Å². The number of aryl methyl sites for hydroxylation is 1. The van der Waals surface area contributed by atoms with Crippen molar-refractivity contribution in [1.82, 2.24) is 0 Å². The first-order valence-electron chi connectivity index (χ1n) is 4.57. The van der Waals surface area contributed by atoms with E-state index in [1.165, 1.54) is 7.05 Å². The fourth-order valence-corrected chi connectivity index (χ4v) is 0.896. The molecule has 86 valence electrons. The van der Waals surface area contributed by atoms with Gasteiger partial charge in [0.25, 0.3) is 0 Å². The Balaban J connectivity index is 0. The number of aliphatic hydroxyl groups excluding tert-OH is 1. The molecule has 0 amide bonds. The zero-order chi connectivity index (χ0) is 12.1. The number of aliphatic hydroxyl groups is 1. The number of rotatable bonds is 3. The molecule has 0 fully saturated rings. The molecule has 0 spiro atoms. The van der Waals surface area contributed by atoms with Crippen LogP contribution in [0.1, 0.15) is 12.0 Å². The highest BCUT2D eigenvalue weighted by atomic mass is 16.4. The highest BCUT2D eigenvalue weighted by molar-refractivity contribution is 5.67. The number of hydrogen-bond acceptors (Lipinski definition) is 3. The molecule has 4 N–H and O–H groups in total. The van der Waals surface area contributed by atoms with Crippen molar-refractivity contribution in [2.24, 2.45) is 5.73 Å². The average Bonchev–Trinajstić information content (AvgIpc) is 2.33. The Labute approximate surface area is 90.4 Å². The first-order chi connectivity index (χ1) is 7.29. The predicted octanol–water partition coefficient (Wildman–Crippen LogP) is 0.887. The molecule has 1 rings (SSSR count). The third-order valence-corrected chi connectivity index (χ3v) is 1.47. The Morgan fingerprint density at radius 2 is 1.67 bits per heavy atom. The van der Waals surface area contributed by atoms with Crippen LogP contribution in [0, 0.1) is 0 Å². The summed E-state index contributed by atoms with van der Waals surface area (Å²) in [5.74, 6) is -0.742.